The Morgan fingerprint density at radius 3 is 2.46 bits per heavy atom. The van der Waals surface area contributed by atoms with Crippen LogP contribution in [0.15, 0.2) is 82.3 Å². The van der Waals surface area contributed by atoms with Crippen LogP contribution in [0.1, 0.15) is 11.1 Å². The fourth-order valence-electron chi connectivity index (χ4n) is 2.15. The van der Waals surface area contributed by atoms with Gasteiger partial charge in [-0.15, -0.1) is 0 Å². The van der Waals surface area contributed by atoms with Crippen molar-refractivity contribution < 1.29 is 9.13 Å². The summed E-state index contributed by atoms with van der Waals surface area (Å²) in [5, 5.41) is 0. The Morgan fingerprint density at radius 2 is 1.71 bits per heavy atom. The third kappa shape index (κ3) is 4.52. The molecule has 0 aliphatic rings. The van der Waals surface area contributed by atoms with Gasteiger partial charge in [0.15, 0.2) is 0 Å². The van der Waals surface area contributed by atoms with Crippen molar-refractivity contribution in [2.75, 3.05) is 0 Å². The van der Waals surface area contributed by atoms with Crippen molar-refractivity contribution in [1.82, 2.24) is 0 Å². The largest absolute Gasteiger partial charge is 0.488 e. The Balaban J connectivity index is 1.78. The number of hydrogen-bond acceptors (Lipinski definition) is 2. The highest BCUT2D eigenvalue weighted by Crippen LogP contribution is 2.24. The quantitative estimate of drug-likeness (QED) is 0.501. The third-order valence-corrected chi connectivity index (χ3v) is 3.89. The van der Waals surface area contributed by atoms with Gasteiger partial charge in [-0.3, -0.25) is 4.99 Å². The van der Waals surface area contributed by atoms with Crippen molar-refractivity contribution >= 4 is 27.8 Å². The first kappa shape index (κ1) is 16.4. The van der Waals surface area contributed by atoms with Crippen LogP contribution < -0.4 is 4.74 Å². The zero-order valence-electron chi connectivity index (χ0n) is 12.8. The minimum absolute atomic E-state index is 0.274. The number of benzene rings is 3. The number of aliphatic imine (C=N–C) groups is 1. The van der Waals surface area contributed by atoms with Crippen molar-refractivity contribution in [3.8, 4) is 5.75 Å². The smallest absolute Gasteiger partial charge is 0.129 e. The molecule has 3 rings (SSSR count). The topological polar surface area (TPSA) is 21.6 Å². The number of ether oxygens (including phenoxy) is 1. The molecule has 0 aromatic heterocycles. The lowest BCUT2D eigenvalue weighted by Gasteiger charge is -2.10. The second-order valence-corrected chi connectivity index (χ2v) is 6.11. The van der Waals surface area contributed by atoms with Gasteiger partial charge in [0.2, 0.25) is 0 Å². The van der Waals surface area contributed by atoms with E-state index in [-0.39, 0.29) is 5.82 Å². The highest BCUT2D eigenvalue weighted by molar-refractivity contribution is 9.10. The van der Waals surface area contributed by atoms with E-state index in [4.69, 9.17) is 4.74 Å². The summed E-state index contributed by atoms with van der Waals surface area (Å²) >= 11 is 3.46. The SMILES string of the molecule is Fc1ccc(N=Cc2ccc(Br)cc2OCc2ccccc2)cc1. The van der Waals surface area contributed by atoms with Gasteiger partial charge in [0.1, 0.15) is 18.2 Å². The van der Waals surface area contributed by atoms with Crippen LogP contribution in [0.25, 0.3) is 0 Å². The molecule has 0 bridgehead atoms. The molecule has 0 aliphatic carbocycles. The van der Waals surface area contributed by atoms with Crippen LogP contribution in [0.2, 0.25) is 0 Å². The maximum absolute atomic E-state index is 12.9. The number of rotatable bonds is 5. The molecule has 0 amide bonds. The van der Waals surface area contributed by atoms with Gasteiger partial charge in [0.25, 0.3) is 0 Å². The molecule has 3 aromatic rings. The zero-order chi connectivity index (χ0) is 16.8. The molecule has 0 fully saturated rings. The van der Waals surface area contributed by atoms with Gasteiger partial charge >= 0.3 is 0 Å². The molecule has 0 radical (unpaired) electrons. The lowest BCUT2D eigenvalue weighted by atomic mass is 10.2. The van der Waals surface area contributed by atoms with Crippen molar-refractivity contribution in [1.29, 1.82) is 0 Å². The first-order valence-electron chi connectivity index (χ1n) is 7.46. The Hall–Kier alpha value is -2.46. The third-order valence-electron chi connectivity index (χ3n) is 3.39. The standard InChI is InChI=1S/C20H15BrFNO/c21-17-7-6-16(13-23-19-10-8-18(22)9-11-19)20(12-17)24-14-15-4-2-1-3-5-15/h1-13H,14H2. The predicted octanol–water partition coefficient (Wildman–Crippen LogP) is 5.92. The van der Waals surface area contributed by atoms with Crippen molar-refractivity contribution in [3.63, 3.8) is 0 Å². The van der Waals surface area contributed by atoms with Crippen molar-refractivity contribution in [3.05, 3.63) is 94.2 Å². The first-order valence-corrected chi connectivity index (χ1v) is 8.26. The molecule has 0 aliphatic heterocycles. The highest BCUT2D eigenvalue weighted by atomic mass is 79.9. The van der Waals surface area contributed by atoms with Crippen LogP contribution in [-0.4, -0.2) is 6.21 Å². The Kier molecular flexibility index (Phi) is 5.39. The summed E-state index contributed by atoms with van der Waals surface area (Å²) in [4.78, 5) is 4.38. The lowest BCUT2D eigenvalue weighted by molar-refractivity contribution is 0.305. The van der Waals surface area contributed by atoms with E-state index in [9.17, 15) is 4.39 Å². The van der Waals surface area contributed by atoms with Gasteiger partial charge in [-0.2, -0.15) is 0 Å². The molecule has 4 heteroatoms. The molecule has 0 saturated carbocycles. The highest BCUT2D eigenvalue weighted by Gasteiger charge is 2.04. The van der Waals surface area contributed by atoms with Crippen LogP contribution in [0.4, 0.5) is 10.1 Å². The van der Waals surface area contributed by atoms with E-state index < -0.39 is 0 Å². The molecule has 0 atom stereocenters. The molecule has 0 N–H and O–H groups in total. The minimum atomic E-state index is -0.274. The normalized spacial score (nSPS) is 10.9. The molecule has 0 saturated heterocycles. The predicted molar refractivity (Wildman–Crippen MR) is 98.6 cm³/mol. The van der Waals surface area contributed by atoms with E-state index in [0.29, 0.717) is 12.3 Å². The van der Waals surface area contributed by atoms with Gasteiger partial charge < -0.3 is 4.74 Å². The van der Waals surface area contributed by atoms with Crippen molar-refractivity contribution in [2.24, 2.45) is 4.99 Å². The summed E-state index contributed by atoms with van der Waals surface area (Å²) in [6, 6.07) is 21.8. The molecular weight excluding hydrogens is 369 g/mol. The minimum Gasteiger partial charge on any atom is -0.488 e. The summed E-state index contributed by atoms with van der Waals surface area (Å²) < 4.78 is 19.8. The number of hydrogen-bond donors (Lipinski definition) is 0. The molecule has 3 aromatic carbocycles. The molecule has 0 heterocycles. The summed E-state index contributed by atoms with van der Waals surface area (Å²) in [6.45, 7) is 0.481. The Labute approximate surface area is 148 Å². The fourth-order valence-corrected chi connectivity index (χ4v) is 2.49. The van der Waals surface area contributed by atoms with Gasteiger partial charge in [-0.1, -0.05) is 46.3 Å². The van der Waals surface area contributed by atoms with Crippen molar-refractivity contribution in [2.45, 2.75) is 6.61 Å². The fraction of sp³-hybridized carbons (Fsp3) is 0.0500. The Bertz CT molecular complexity index is 832. The average Bonchev–Trinajstić information content (AvgIpc) is 2.61. The van der Waals surface area contributed by atoms with Gasteiger partial charge in [-0.25, -0.2) is 4.39 Å². The van der Waals surface area contributed by atoms with Gasteiger partial charge in [0, 0.05) is 16.3 Å². The second kappa shape index (κ2) is 7.88. The summed E-state index contributed by atoms with van der Waals surface area (Å²) in [7, 11) is 0. The van der Waals surface area contributed by atoms with Crippen LogP contribution in [-0.2, 0) is 6.61 Å². The molecule has 24 heavy (non-hydrogen) atoms. The van der Waals surface area contributed by atoms with E-state index in [0.717, 1.165) is 21.3 Å². The Morgan fingerprint density at radius 1 is 0.958 bits per heavy atom. The van der Waals surface area contributed by atoms with E-state index in [1.807, 2.05) is 48.5 Å². The average molecular weight is 384 g/mol. The van der Waals surface area contributed by atoms with Crippen LogP contribution in [0.5, 0.6) is 5.75 Å². The van der Waals surface area contributed by atoms with Crippen LogP contribution >= 0.6 is 15.9 Å². The van der Waals surface area contributed by atoms with Gasteiger partial charge in [-0.05, 0) is 48.0 Å². The molecule has 2 nitrogen and oxygen atoms in total. The van der Waals surface area contributed by atoms with Crippen LogP contribution in [0, 0.1) is 5.82 Å². The van der Waals surface area contributed by atoms with E-state index >= 15 is 0 Å². The molecule has 120 valence electrons. The summed E-state index contributed by atoms with van der Waals surface area (Å²) in [5.74, 6) is 0.462. The summed E-state index contributed by atoms with van der Waals surface area (Å²) in [6.07, 6.45) is 1.72. The zero-order valence-corrected chi connectivity index (χ0v) is 14.4. The van der Waals surface area contributed by atoms with E-state index in [1.165, 1.54) is 12.1 Å². The number of halogens is 2. The van der Waals surface area contributed by atoms with E-state index in [2.05, 4.69) is 20.9 Å². The second-order valence-electron chi connectivity index (χ2n) is 5.19. The van der Waals surface area contributed by atoms with Crippen LogP contribution in [0.3, 0.4) is 0 Å². The molecular formula is C20H15BrFNO. The molecule has 0 unspecified atom stereocenters. The maximum atomic E-state index is 12.9. The van der Waals surface area contributed by atoms with Gasteiger partial charge in [0.05, 0.1) is 5.69 Å². The summed E-state index contributed by atoms with van der Waals surface area (Å²) in [5.41, 5.74) is 2.64. The first-order chi connectivity index (χ1) is 11.7. The molecule has 0 spiro atoms. The maximum Gasteiger partial charge on any atom is 0.129 e. The number of nitrogens with zero attached hydrogens (tertiary/aromatic N) is 1. The monoisotopic (exact) mass is 383 g/mol. The van der Waals surface area contributed by atoms with E-state index in [1.54, 1.807) is 18.3 Å². The lowest BCUT2D eigenvalue weighted by Crippen LogP contribution is -1.98.